The Balaban J connectivity index is 2.43. The van der Waals surface area contributed by atoms with Crippen molar-refractivity contribution < 1.29 is 12.8 Å². The van der Waals surface area contributed by atoms with Crippen LogP contribution in [0.4, 0.5) is 10.2 Å². The fourth-order valence-electron chi connectivity index (χ4n) is 0.962. The average molecular weight is 312 g/mol. The number of hydrogen-bond acceptors (Lipinski definition) is 4. The molecule has 0 amide bonds. The van der Waals surface area contributed by atoms with Gasteiger partial charge in [0.05, 0.1) is 6.26 Å². The third-order valence-electron chi connectivity index (χ3n) is 1.59. The Bertz CT molecular complexity index is 466. The van der Waals surface area contributed by atoms with E-state index < -0.39 is 15.8 Å². The van der Waals surface area contributed by atoms with Crippen molar-refractivity contribution in [2.24, 2.45) is 0 Å². The highest BCUT2D eigenvalue weighted by molar-refractivity contribution is 9.10. The van der Waals surface area contributed by atoms with Crippen LogP contribution in [0.2, 0.25) is 0 Å². The summed E-state index contributed by atoms with van der Waals surface area (Å²) in [5.74, 6) is -0.396. The number of nitrogens with zero attached hydrogens (tertiary/aromatic N) is 1. The summed E-state index contributed by atoms with van der Waals surface area (Å²) in [6.45, 7) is 0.439. The van der Waals surface area contributed by atoms with Crippen molar-refractivity contribution in [2.45, 2.75) is 0 Å². The van der Waals surface area contributed by atoms with Gasteiger partial charge >= 0.3 is 0 Å². The lowest BCUT2D eigenvalue weighted by atomic mass is 10.4. The summed E-state index contributed by atoms with van der Waals surface area (Å²) in [6, 6.07) is 1.28. The van der Waals surface area contributed by atoms with Crippen molar-refractivity contribution in [1.29, 1.82) is 0 Å². The van der Waals surface area contributed by atoms with E-state index in [1.165, 1.54) is 12.3 Å². The summed E-state index contributed by atoms with van der Waals surface area (Å²) in [4.78, 5) is 3.80. The molecule has 16 heavy (non-hydrogen) atoms. The van der Waals surface area contributed by atoms with Crippen LogP contribution in [-0.2, 0) is 10.0 Å². The summed E-state index contributed by atoms with van der Waals surface area (Å²) >= 11 is 3.08. The fourth-order valence-corrected chi connectivity index (χ4v) is 1.74. The van der Waals surface area contributed by atoms with Crippen LogP contribution in [0.5, 0.6) is 0 Å². The van der Waals surface area contributed by atoms with Gasteiger partial charge in [-0.25, -0.2) is 22.5 Å². The van der Waals surface area contributed by atoms with Gasteiger partial charge in [0.15, 0.2) is 11.6 Å². The van der Waals surface area contributed by atoms with Crippen LogP contribution in [0.25, 0.3) is 0 Å². The Labute approximate surface area is 102 Å². The molecule has 8 heteroatoms. The molecule has 2 N–H and O–H groups in total. The zero-order chi connectivity index (χ0) is 12.2. The Morgan fingerprint density at radius 3 is 2.75 bits per heavy atom. The zero-order valence-corrected chi connectivity index (χ0v) is 10.9. The van der Waals surface area contributed by atoms with Gasteiger partial charge in [0.1, 0.15) is 0 Å². The van der Waals surface area contributed by atoms with Crippen molar-refractivity contribution >= 4 is 31.8 Å². The Hall–Kier alpha value is -0.730. The molecule has 0 aliphatic carbocycles. The highest BCUT2D eigenvalue weighted by atomic mass is 79.9. The van der Waals surface area contributed by atoms with E-state index in [1.54, 1.807) is 0 Å². The van der Waals surface area contributed by atoms with E-state index in [0.717, 1.165) is 6.26 Å². The Morgan fingerprint density at radius 1 is 1.50 bits per heavy atom. The van der Waals surface area contributed by atoms with E-state index in [9.17, 15) is 12.8 Å². The minimum atomic E-state index is -3.21. The minimum absolute atomic E-state index is 0.0958. The number of hydrogen-bond donors (Lipinski definition) is 2. The normalized spacial score (nSPS) is 11.4. The molecule has 0 radical (unpaired) electrons. The van der Waals surface area contributed by atoms with Crippen molar-refractivity contribution in [2.75, 3.05) is 24.7 Å². The van der Waals surface area contributed by atoms with Crippen LogP contribution in [0.3, 0.4) is 0 Å². The van der Waals surface area contributed by atoms with Crippen LogP contribution in [0, 0.1) is 5.82 Å². The fraction of sp³-hybridized carbons (Fsp3) is 0.375. The molecule has 5 nitrogen and oxygen atoms in total. The molecule has 0 saturated heterocycles. The van der Waals surface area contributed by atoms with E-state index in [-0.39, 0.29) is 18.9 Å². The van der Waals surface area contributed by atoms with Gasteiger partial charge in [0, 0.05) is 23.8 Å². The molecule has 90 valence electrons. The third-order valence-corrected chi connectivity index (χ3v) is 2.75. The first-order valence-electron chi connectivity index (χ1n) is 4.38. The SMILES string of the molecule is CS(=O)(=O)NCCNc1ncc(Br)cc1F. The second kappa shape index (κ2) is 5.55. The number of nitrogens with one attached hydrogen (secondary N) is 2. The summed E-state index contributed by atoms with van der Waals surface area (Å²) in [6.07, 6.45) is 2.51. The molecule has 0 spiro atoms. The zero-order valence-electron chi connectivity index (χ0n) is 8.50. The van der Waals surface area contributed by atoms with E-state index in [0.29, 0.717) is 4.47 Å². The second-order valence-electron chi connectivity index (χ2n) is 3.08. The first kappa shape index (κ1) is 13.3. The Kier molecular flexibility index (Phi) is 4.63. The molecule has 1 aromatic rings. The van der Waals surface area contributed by atoms with E-state index in [2.05, 4.69) is 31.0 Å². The van der Waals surface area contributed by atoms with Crippen molar-refractivity contribution in [3.63, 3.8) is 0 Å². The summed E-state index contributed by atoms with van der Waals surface area (Å²) in [5, 5.41) is 2.68. The number of pyridine rings is 1. The van der Waals surface area contributed by atoms with Crippen molar-refractivity contribution in [3.8, 4) is 0 Å². The third kappa shape index (κ3) is 4.86. The first-order valence-corrected chi connectivity index (χ1v) is 7.06. The van der Waals surface area contributed by atoms with Gasteiger partial charge in [-0.1, -0.05) is 0 Å². The molecule has 1 aromatic heterocycles. The number of halogens is 2. The quantitative estimate of drug-likeness (QED) is 0.794. The molecule has 0 aliphatic rings. The first-order chi connectivity index (χ1) is 7.38. The summed E-state index contributed by atoms with van der Waals surface area (Å²) in [7, 11) is -3.21. The largest absolute Gasteiger partial charge is 0.366 e. The van der Waals surface area contributed by atoms with Gasteiger partial charge in [-0.05, 0) is 22.0 Å². The van der Waals surface area contributed by atoms with Crippen LogP contribution < -0.4 is 10.0 Å². The standard InChI is InChI=1S/C8H11BrFN3O2S/c1-16(14,15)13-3-2-11-8-7(10)4-6(9)5-12-8/h4-5,13H,2-3H2,1H3,(H,11,12). The molecule has 0 atom stereocenters. The number of sulfonamides is 1. The predicted molar refractivity (Wildman–Crippen MR) is 63.2 cm³/mol. The van der Waals surface area contributed by atoms with Crippen molar-refractivity contribution in [3.05, 3.63) is 22.6 Å². The predicted octanol–water partition coefficient (Wildman–Crippen LogP) is 0.944. The van der Waals surface area contributed by atoms with E-state index in [1.807, 2.05) is 0 Å². The Morgan fingerprint density at radius 2 is 2.19 bits per heavy atom. The van der Waals surface area contributed by atoms with Gasteiger partial charge in [0.2, 0.25) is 10.0 Å². The maximum atomic E-state index is 13.2. The summed E-state index contributed by atoms with van der Waals surface area (Å²) in [5.41, 5.74) is 0. The number of anilines is 1. The van der Waals surface area contributed by atoms with Crippen LogP contribution >= 0.6 is 15.9 Å². The van der Waals surface area contributed by atoms with Gasteiger partial charge in [-0.3, -0.25) is 0 Å². The number of rotatable bonds is 5. The molecule has 0 aliphatic heterocycles. The van der Waals surface area contributed by atoms with Crippen LogP contribution in [0.15, 0.2) is 16.7 Å². The highest BCUT2D eigenvalue weighted by Gasteiger charge is 2.04. The average Bonchev–Trinajstić information content (AvgIpc) is 2.13. The molecule has 0 unspecified atom stereocenters. The van der Waals surface area contributed by atoms with Gasteiger partial charge < -0.3 is 5.32 Å². The summed E-state index contributed by atoms with van der Waals surface area (Å²) < 4.78 is 37.5. The molecular weight excluding hydrogens is 301 g/mol. The van der Waals surface area contributed by atoms with E-state index >= 15 is 0 Å². The minimum Gasteiger partial charge on any atom is -0.366 e. The monoisotopic (exact) mass is 311 g/mol. The topological polar surface area (TPSA) is 71.1 Å². The molecule has 1 rings (SSSR count). The molecule has 0 aromatic carbocycles. The maximum absolute atomic E-state index is 13.2. The second-order valence-corrected chi connectivity index (χ2v) is 5.83. The maximum Gasteiger partial charge on any atom is 0.208 e. The molecule has 0 fully saturated rings. The van der Waals surface area contributed by atoms with Gasteiger partial charge in [-0.15, -0.1) is 0 Å². The molecular formula is C8H11BrFN3O2S. The smallest absolute Gasteiger partial charge is 0.208 e. The number of aromatic nitrogens is 1. The van der Waals surface area contributed by atoms with Crippen LogP contribution in [-0.4, -0.2) is 32.7 Å². The molecule has 0 saturated carbocycles. The van der Waals surface area contributed by atoms with Gasteiger partial charge in [0.25, 0.3) is 0 Å². The lowest BCUT2D eigenvalue weighted by Gasteiger charge is -2.06. The lowest BCUT2D eigenvalue weighted by Crippen LogP contribution is -2.27. The van der Waals surface area contributed by atoms with Gasteiger partial charge in [-0.2, -0.15) is 0 Å². The lowest BCUT2D eigenvalue weighted by molar-refractivity contribution is 0.589. The van der Waals surface area contributed by atoms with Crippen molar-refractivity contribution in [1.82, 2.24) is 9.71 Å². The van der Waals surface area contributed by atoms with Crippen LogP contribution in [0.1, 0.15) is 0 Å². The highest BCUT2D eigenvalue weighted by Crippen LogP contribution is 2.15. The molecule has 1 heterocycles. The molecule has 0 bridgehead atoms. The van der Waals surface area contributed by atoms with E-state index in [4.69, 9.17) is 0 Å².